The van der Waals surface area contributed by atoms with Crippen molar-refractivity contribution in [1.29, 1.82) is 0 Å². The van der Waals surface area contributed by atoms with E-state index in [0.29, 0.717) is 23.1 Å². The number of urea groups is 1. The van der Waals surface area contributed by atoms with Crippen molar-refractivity contribution in [2.24, 2.45) is 0 Å². The quantitative estimate of drug-likeness (QED) is 0.806. The van der Waals surface area contributed by atoms with Gasteiger partial charge in [-0.25, -0.2) is 14.6 Å². The molecule has 1 unspecified atom stereocenters. The standard InChI is InChI=1S/C14H18N4O4S/c1-5-18(8(3)19)14-16-9(6-23-14)11-10(12(20)22-4)7(2)15-13(21)17-11/h6,11H,5H2,1-4H3,(H2,15,17,21). The van der Waals surface area contributed by atoms with E-state index in [4.69, 9.17) is 4.74 Å². The lowest BCUT2D eigenvalue weighted by atomic mass is 10.0. The molecule has 9 heteroatoms. The molecule has 2 rings (SSSR count). The Hall–Kier alpha value is -2.42. The molecule has 0 saturated heterocycles. The van der Waals surface area contributed by atoms with Crippen LogP contribution in [-0.4, -0.2) is 36.5 Å². The molecule has 1 aromatic rings. The average molecular weight is 338 g/mol. The van der Waals surface area contributed by atoms with Crippen molar-refractivity contribution in [3.05, 3.63) is 22.3 Å². The summed E-state index contributed by atoms with van der Waals surface area (Å²) in [5, 5.41) is 7.44. The van der Waals surface area contributed by atoms with E-state index in [2.05, 4.69) is 15.6 Å². The maximum atomic E-state index is 12.0. The van der Waals surface area contributed by atoms with Crippen molar-refractivity contribution in [2.45, 2.75) is 26.8 Å². The number of esters is 1. The number of rotatable bonds is 4. The molecule has 124 valence electrons. The third kappa shape index (κ3) is 3.34. The highest BCUT2D eigenvalue weighted by Crippen LogP contribution is 2.31. The second-order valence-corrected chi connectivity index (χ2v) is 5.72. The molecule has 8 nitrogen and oxygen atoms in total. The number of ether oxygens (including phenoxy) is 1. The fourth-order valence-electron chi connectivity index (χ4n) is 2.32. The predicted molar refractivity (Wildman–Crippen MR) is 84.9 cm³/mol. The number of hydrogen-bond acceptors (Lipinski definition) is 6. The van der Waals surface area contributed by atoms with Gasteiger partial charge in [0.05, 0.1) is 18.4 Å². The van der Waals surface area contributed by atoms with Gasteiger partial charge in [0.1, 0.15) is 6.04 Å². The van der Waals surface area contributed by atoms with Gasteiger partial charge in [0.15, 0.2) is 5.13 Å². The van der Waals surface area contributed by atoms with Crippen molar-refractivity contribution in [3.63, 3.8) is 0 Å². The molecular formula is C14H18N4O4S. The van der Waals surface area contributed by atoms with Gasteiger partial charge in [-0.15, -0.1) is 11.3 Å². The maximum absolute atomic E-state index is 12.0. The monoisotopic (exact) mass is 338 g/mol. The molecule has 1 aliphatic rings. The van der Waals surface area contributed by atoms with Crippen LogP contribution in [0.15, 0.2) is 16.7 Å². The van der Waals surface area contributed by atoms with Gasteiger partial charge in [-0.2, -0.15) is 0 Å². The second-order valence-electron chi connectivity index (χ2n) is 4.88. The van der Waals surface area contributed by atoms with E-state index in [1.807, 2.05) is 6.92 Å². The summed E-state index contributed by atoms with van der Waals surface area (Å²) < 4.78 is 4.78. The predicted octanol–water partition coefficient (Wildman–Crippen LogP) is 1.32. The Kier molecular flexibility index (Phi) is 4.99. The van der Waals surface area contributed by atoms with Crippen LogP contribution in [0.2, 0.25) is 0 Å². The summed E-state index contributed by atoms with van der Waals surface area (Å²) in [6.45, 7) is 5.41. The zero-order valence-corrected chi connectivity index (χ0v) is 14.1. The first kappa shape index (κ1) is 16.9. The van der Waals surface area contributed by atoms with Crippen molar-refractivity contribution >= 4 is 34.4 Å². The topological polar surface area (TPSA) is 101 Å². The molecule has 3 amide bonds. The molecule has 0 saturated carbocycles. The van der Waals surface area contributed by atoms with Gasteiger partial charge < -0.3 is 15.4 Å². The van der Waals surface area contributed by atoms with Crippen molar-refractivity contribution in [1.82, 2.24) is 15.6 Å². The van der Waals surface area contributed by atoms with E-state index in [0.717, 1.165) is 0 Å². The van der Waals surface area contributed by atoms with Crippen molar-refractivity contribution in [2.75, 3.05) is 18.6 Å². The Morgan fingerprint density at radius 2 is 2.17 bits per heavy atom. The number of thiazole rings is 1. The normalized spacial score (nSPS) is 17.4. The number of nitrogens with one attached hydrogen (secondary N) is 2. The fourth-order valence-corrected chi connectivity index (χ4v) is 3.28. The summed E-state index contributed by atoms with van der Waals surface area (Å²) in [6, 6.07) is -1.14. The zero-order chi connectivity index (χ0) is 17.1. The summed E-state index contributed by atoms with van der Waals surface area (Å²) in [6.07, 6.45) is 0. The van der Waals surface area contributed by atoms with Crippen LogP contribution in [0.1, 0.15) is 32.5 Å². The van der Waals surface area contributed by atoms with Gasteiger partial charge in [0, 0.05) is 24.5 Å². The van der Waals surface area contributed by atoms with Crippen molar-refractivity contribution < 1.29 is 19.1 Å². The van der Waals surface area contributed by atoms with Crippen LogP contribution in [0.25, 0.3) is 0 Å². The average Bonchev–Trinajstić information content (AvgIpc) is 2.95. The minimum Gasteiger partial charge on any atom is -0.466 e. The zero-order valence-electron chi connectivity index (χ0n) is 13.3. The number of amides is 3. The van der Waals surface area contributed by atoms with E-state index in [-0.39, 0.29) is 11.5 Å². The minimum absolute atomic E-state index is 0.123. The van der Waals surface area contributed by atoms with Crippen LogP contribution in [0.5, 0.6) is 0 Å². The van der Waals surface area contributed by atoms with Crippen LogP contribution in [0.4, 0.5) is 9.93 Å². The summed E-state index contributed by atoms with van der Waals surface area (Å²) in [7, 11) is 1.27. The highest BCUT2D eigenvalue weighted by Gasteiger charge is 2.33. The lowest BCUT2D eigenvalue weighted by Crippen LogP contribution is -2.45. The Labute approximate surface area is 137 Å². The molecule has 1 aromatic heterocycles. The fraction of sp³-hybridized carbons (Fsp3) is 0.429. The van der Waals surface area contributed by atoms with Gasteiger partial charge in [-0.3, -0.25) is 9.69 Å². The number of methoxy groups -OCH3 is 1. The SMILES string of the molecule is CCN(C(C)=O)c1nc(C2NC(=O)NC(C)=C2C(=O)OC)cs1. The molecular weight excluding hydrogens is 320 g/mol. The lowest BCUT2D eigenvalue weighted by molar-refractivity contribution is -0.136. The molecule has 0 aromatic carbocycles. The van der Waals surface area contributed by atoms with E-state index >= 15 is 0 Å². The second kappa shape index (κ2) is 6.78. The van der Waals surface area contributed by atoms with Crippen LogP contribution >= 0.6 is 11.3 Å². The van der Waals surface area contributed by atoms with Crippen LogP contribution in [-0.2, 0) is 14.3 Å². The number of carbonyl (C=O) groups is 3. The van der Waals surface area contributed by atoms with Gasteiger partial charge in [0.2, 0.25) is 5.91 Å². The van der Waals surface area contributed by atoms with E-state index in [9.17, 15) is 14.4 Å². The van der Waals surface area contributed by atoms with Crippen LogP contribution in [0, 0.1) is 0 Å². The van der Waals surface area contributed by atoms with Gasteiger partial charge in [-0.05, 0) is 13.8 Å². The molecule has 0 spiro atoms. The van der Waals surface area contributed by atoms with Crippen LogP contribution in [0.3, 0.4) is 0 Å². The summed E-state index contributed by atoms with van der Waals surface area (Å²) >= 11 is 1.28. The van der Waals surface area contributed by atoms with E-state index in [1.165, 1.54) is 30.3 Å². The third-order valence-electron chi connectivity index (χ3n) is 3.41. The molecule has 0 bridgehead atoms. The number of anilines is 1. The molecule has 0 aliphatic carbocycles. The minimum atomic E-state index is -0.716. The first-order chi connectivity index (χ1) is 10.9. The highest BCUT2D eigenvalue weighted by molar-refractivity contribution is 7.14. The Morgan fingerprint density at radius 3 is 2.74 bits per heavy atom. The first-order valence-electron chi connectivity index (χ1n) is 6.99. The van der Waals surface area contributed by atoms with Gasteiger partial charge >= 0.3 is 12.0 Å². The van der Waals surface area contributed by atoms with Gasteiger partial charge in [0.25, 0.3) is 0 Å². The molecule has 1 aliphatic heterocycles. The molecule has 0 fully saturated rings. The molecule has 2 heterocycles. The first-order valence-corrected chi connectivity index (χ1v) is 7.87. The Balaban J connectivity index is 2.41. The van der Waals surface area contributed by atoms with Crippen LogP contribution < -0.4 is 15.5 Å². The summed E-state index contributed by atoms with van der Waals surface area (Å²) in [5.74, 6) is -0.670. The van der Waals surface area contributed by atoms with E-state index < -0.39 is 18.0 Å². The highest BCUT2D eigenvalue weighted by atomic mass is 32.1. The van der Waals surface area contributed by atoms with Crippen molar-refractivity contribution in [3.8, 4) is 0 Å². The van der Waals surface area contributed by atoms with E-state index in [1.54, 1.807) is 12.3 Å². The summed E-state index contributed by atoms with van der Waals surface area (Å²) in [4.78, 5) is 41.3. The number of nitrogens with zero attached hydrogens (tertiary/aromatic N) is 2. The Bertz CT molecular complexity index is 682. The number of carbonyl (C=O) groups excluding carboxylic acids is 3. The Morgan fingerprint density at radius 1 is 1.48 bits per heavy atom. The lowest BCUT2D eigenvalue weighted by Gasteiger charge is -2.26. The smallest absolute Gasteiger partial charge is 0.338 e. The third-order valence-corrected chi connectivity index (χ3v) is 4.29. The van der Waals surface area contributed by atoms with Gasteiger partial charge in [-0.1, -0.05) is 0 Å². The number of allylic oxidation sites excluding steroid dienone is 1. The molecule has 0 radical (unpaired) electrons. The number of aromatic nitrogens is 1. The maximum Gasteiger partial charge on any atom is 0.338 e. The number of hydrogen-bond donors (Lipinski definition) is 2. The molecule has 2 N–H and O–H groups in total. The molecule has 1 atom stereocenters. The summed E-state index contributed by atoms with van der Waals surface area (Å²) in [5.41, 5.74) is 1.19. The molecule has 23 heavy (non-hydrogen) atoms. The largest absolute Gasteiger partial charge is 0.466 e.